The SMILES string of the molecule is COc1ccccc1[C@@H](C)N(C)C(=O)c1ccn(C)c(=O)c1. The van der Waals surface area contributed by atoms with E-state index in [4.69, 9.17) is 4.74 Å². The Balaban J connectivity index is 2.29. The van der Waals surface area contributed by atoms with E-state index in [1.54, 1.807) is 38.4 Å². The molecule has 116 valence electrons. The third-order valence-electron chi connectivity index (χ3n) is 3.84. The molecule has 1 heterocycles. The van der Waals surface area contributed by atoms with Crippen molar-refractivity contribution in [1.29, 1.82) is 0 Å². The van der Waals surface area contributed by atoms with Crippen LogP contribution >= 0.6 is 0 Å². The van der Waals surface area contributed by atoms with Crippen LogP contribution in [0.3, 0.4) is 0 Å². The Labute approximate surface area is 129 Å². The van der Waals surface area contributed by atoms with Crippen LogP contribution in [0.2, 0.25) is 0 Å². The minimum Gasteiger partial charge on any atom is -0.496 e. The van der Waals surface area contributed by atoms with E-state index >= 15 is 0 Å². The first-order valence-corrected chi connectivity index (χ1v) is 7.02. The number of aryl methyl sites for hydroxylation is 1. The molecule has 2 rings (SSSR count). The molecule has 0 aliphatic heterocycles. The zero-order valence-electron chi connectivity index (χ0n) is 13.2. The van der Waals surface area contributed by atoms with Gasteiger partial charge in [0.05, 0.1) is 13.2 Å². The van der Waals surface area contributed by atoms with E-state index in [2.05, 4.69) is 0 Å². The van der Waals surface area contributed by atoms with Gasteiger partial charge in [0, 0.05) is 37.5 Å². The monoisotopic (exact) mass is 300 g/mol. The Morgan fingerprint density at radius 3 is 2.59 bits per heavy atom. The van der Waals surface area contributed by atoms with Gasteiger partial charge in [0.2, 0.25) is 0 Å². The average Bonchev–Trinajstić information content (AvgIpc) is 2.55. The normalized spacial score (nSPS) is 11.8. The molecule has 0 saturated heterocycles. The molecular formula is C17H20N2O3. The van der Waals surface area contributed by atoms with E-state index in [9.17, 15) is 9.59 Å². The summed E-state index contributed by atoms with van der Waals surface area (Å²) in [5.41, 5.74) is 1.10. The standard InChI is InChI=1S/C17H20N2O3/c1-12(14-7-5-6-8-15(14)22-4)19(3)17(21)13-9-10-18(2)16(20)11-13/h5-12H,1-4H3/t12-/m1/s1. The van der Waals surface area contributed by atoms with Gasteiger partial charge in [0.15, 0.2) is 0 Å². The lowest BCUT2D eigenvalue weighted by Gasteiger charge is -2.26. The van der Waals surface area contributed by atoms with Crippen molar-refractivity contribution < 1.29 is 9.53 Å². The fourth-order valence-electron chi connectivity index (χ4n) is 2.28. The lowest BCUT2D eigenvalue weighted by atomic mass is 10.1. The molecule has 1 amide bonds. The summed E-state index contributed by atoms with van der Waals surface area (Å²) in [5, 5.41) is 0. The van der Waals surface area contributed by atoms with Gasteiger partial charge in [0.25, 0.3) is 11.5 Å². The van der Waals surface area contributed by atoms with Crippen LogP contribution in [0, 0.1) is 0 Å². The third-order valence-corrected chi connectivity index (χ3v) is 3.84. The van der Waals surface area contributed by atoms with E-state index in [1.165, 1.54) is 10.6 Å². The maximum Gasteiger partial charge on any atom is 0.254 e. The zero-order chi connectivity index (χ0) is 16.3. The highest BCUT2D eigenvalue weighted by Gasteiger charge is 2.21. The van der Waals surface area contributed by atoms with Crippen LogP contribution in [0.25, 0.3) is 0 Å². The predicted molar refractivity (Wildman–Crippen MR) is 85.2 cm³/mol. The number of carbonyl (C=O) groups excluding carboxylic acids is 1. The Bertz CT molecular complexity index is 737. The van der Waals surface area contributed by atoms with Gasteiger partial charge in [-0.25, -0.2) is 0 Å². The number of pyridine rings is 1. The van der Waals surface area contributed by atoms with E-state index < -0.39 is 0 Å². The number of hydrogen-bond donors (Lipinski definition) is 0. The first kappa shape index (κ1) is 15.8. The average molecular weight is 300 g/mol. The van der Waals surface area contributed by atoms with Crippen LogP contribution in [0.4, 0.5) is 0 Å². The molecule has 2 aromatic rings. The molecule has 0 saturated carbocycles. The first-order valence-electron chi connectivity index (χ1n) is 7.02. The summed E-state index contributed by atoms with van der Waals surface area (Å²) in [6.07, 6.45) is 1.59. The number of methoxy groups -OCH3 is 1. The minimum atomic E-state index is -0.204. The predicted octanol–water partition coefficient (Wildman–Crippen LogP) is 2.23. The quantitative estimate of drug-likeness (QED) is 0.870. The van der Waals surface area contributed by atoms with E-state index in [0.717, 1.165) is 11.3 Å². The molecule has 1 aromatic carbocycles. The molecule has 0 bridgehead atoms. The number of para-hydroxylation sites is 1. The summed E-state index contributed by atoms with van der Waals surface area (Å²) in [7, 11) is 4.98. The molecule has 0 fully saturated rings. The second-order valence-corrected chi connectivity index (χ2v) is 5.20. The van der Waals surface area contributed by atoms with E-state index in [-0.39, 0.29) is 17.5 Å². The van der Waals surface area contributed by atoms with Crippen molar-refractivity contribution in [2.75, 3.05) is 14.2 Å². The Kier molecular flexibility index (Phi) is 4.65. The van der Waals surface area contributed by atoms with Crippen LogP contribution in [0.5, 0.6) is 5.75 Å². The maximum atomic E-state index is 12.6. The molecule has 5 heteroatoms. The van der Waals surface area contributed by atoms with Crippen molar-refractivity contribution in [3.05, 3.63) is 64.1 Å². The minimum absolute atomic E-state index is 0.173. The number of nitrogens with zero attached hydrogens (tertiary/aromatic N) is 2. The summed E-state index contributed by atoms with van der Waals surface area (Å²) < 4.78 is 6.78. The number of amides is 1. The van der Waals surface area contributed by atoms with Crippen molar-refractivity contribution in [1.82, 2.24) is 9.47 Å². The van der Waals surface area contributed by atoms with Crippen molar-refractivity contribution in [2.24, 2.45) is 7.05 Å². The number of benzene rings is 1. The molecule has 0 aliphatic rings. The van der Waals surface area contributed by atoms with Gasteiger partial charge in [0.1, 0.15) is 5.75 Å². The second kappa shape index (κ2) is 6.47. The zero-order valence-corrected chi connectivity index (χ0v) is 13.2. The highest BCUT2D eigenvalue weighted by Crippen LogP contribution is 2.28. The Morgan fingerprint density at radius 1 is 1.27 bits per heavy atom. The van der Waals surface area contributed by atoms with Crippen LogP contribution in [0.1, 0.15) is 28.9 Å². The van der Waals surface area contributed by atoms with Crippen LogP contribution < -0.4 is 10.3 Å². The van der Waals surface area contributed by atoms with Gasteiger partial charge in [-0.15, -0.1) is 0 Å². The van der Waals surface area contributed by atoms with Gasteiger partial charge in [-0.05, 0) is 19.1 Å². The van der Waals surface area contributed by atoms with Crippen LogP contribution in [0.15, 0.2) is 47.4 Å². The Hall–Kier alpha value is -2.56. The second-order valence-electron chi connectivity index (χ2n) is 5.20. The van der Waals surface area contributed by atoms with Gasteiger partial charge in [-0.3, -0.25) is 9.59 Å². The molecule has 22 heavy (non-hydrogen) atoms. The van der Waals surface area contributed by atoms with Crippen LogP contribution in [-0.4, -0.2) is 29.5 Å². The molecule has 0 spiro atoms. The summed E-state index contributed by atoms with van der Waals surface area (Å²) in [6, 6.07) is 10.4. The molecule has 5 nitrogen and oxygen atoms in total. The Morgan fingerprint density at radius 2 is 1.95 bits per heavy atom. The molecule has 0 unspecified atom stereocenters. The molecule has 0 radical (unpaired) electrons. The summed E-state index contributed by atoms with van der Waals surface area (Å²) in [6.45, 7) is 1.93. The summed E-state index contributed by atoms with van der Waals surface area (Å²) >= 11 is 0. The highest BCUT2D eigenvalue weighted by atomic mass is 16.5. The third kappa shape index (κ3) is 3.03. The first-order chi connectivity index (χ1) is 10.5. The maximum absolute atomic E-state index is 12.6. The van der Waals surface area contributed by atoms with Crippen molar-refractivity contribution in [3.63, 3.8) is 0 Å². The number of carbonyl (C=O) groups is 1. The van der Waals surface area contributed by atoms with Crippen molar-refractivity contribution in [2.45, 2.75) is 13.0 Å². The van der Waals surface area contributed by atoms with Gasteiger partial charge >= 0.3 is 0 Å². The number of hydrogen-bond acceptors (Lipinski definition) is 3. The van der Waals surface area contributed by atoms with Crippen LogP contribution in [-0.2, 0) is 7.05 Å². The fourth-order valence-corrected chi connectivity index (χ4v) is 2.28. The molecule has 0 aliphatic carbocycles. The summed E-state index contributed by atoms with van der Waals surface area (Å²) in [5.74, 6) is 0.537. The highest BCUT2D eigenvalue weighted by molar-refractivity contribution is 5.94. The molecular weight excluding hydrogens is 280 g/mol. The lowest BCUT2D eigenvalue weighted by Crippen LogP contribution is -2.31. The fraction of sp³-hybridized carbons (Fsp3) is 0.294. The smallest absolute Gasteiger partial charge is 0.254 e. The van der Waals surface area contributed by atoms with E-state index in [0.29, 0.717) is 5.56 Å². The molecule has 0 N–H and O–H groups in total. The van der Waals surface area contributed by atoms with Crippen molar-refractivity contribution in [3.8, 4) is 5.75 Å². The van der Waals surface area contributed by atoms with Gasteiger partial charge in [-0.1, -0.05) is 18.2 Å². The topological polar surface area (TPSA) is 51.5 Å². The molecule has 1 atom stereocenters. The summed E-state index contributed by atoms with van der Waals surface area (Å²) in [4.78, 5) is 25.8. The number of aromatic nitrogens is 1. The largest absolute Gasteiger partial charge is 0.496 e. The van der Waals surface area contributed by atoms with Gasteiger partial charge in [-0.2, -0.15) is 0 Å². The van der Waals surface area contributed by atoms with Crippen molar-refractivity contribution >= 4 is 5.91 Å². The number of rotatable bonds is 4. The number of ether oxygens (including phenoxy) is 1. The van der Waals surface area contributed by atoms with Gasteiger partial charge < -0.3 is 14.2 Å². The molecule has 1 aromatic heterocycles. The van der Waals surface area contributed by atoms with E-state index in [1.807, 2.05) is 31.2 Å². The lowest BCUT2D eigenvalue weighted by molar-refractivity contribution is 0.0740.